The molecule has 144 valence electrons. The van der Waals surface area contributed by atoms with Gasteiger partial charge in [0.1, 0.15) is 0 Å². The maximum absolute atomic E-state index is 12.5. The summed E-state index contributed by atoms with van der Waals surface area (Å²) in [6, 6.07) is 14.5. The first kappa shape index (κ1) is 18.8. The molecule has 0 spiro atoms. The van der Waals surface area contributed by atoms with E-state index in [1.165, 1.54) is 15.5 Å². The molecule has 0 aliphatic carbocycles. The Labute approximate surface area is 170 Å². The van der Waals surface area contributed by atoms with Crippen molar-refractivity contribution in [1.82, 2.24) is 10.2 Å². The summed E-state index contributed by atoms with van der Waals surface area (Å²) < 4.78 is 0. The highest BCUT2D eigenvalue weighted by molar-refractivity contribution is 7.99. The van der Waals surface area contributed by atoms with Gasteiger partial charge in [-0.2, -0.15) is 0 Å². The molecule has 4 nitrogen and oxygen atoms in total. The Morgan fingerprint density at radius 3 is 2.68 bits per heavy atom. The minimum atomic E-state index is -0.0672. The number of benzene rings is 2. The van der Waals surface area contributed by atoms with Crippen molar-refractivity contribution < 1.29 is 4.79 Å². The fourth-order valence-corrected chi connectivity index (χ4v) is 4.91. The van der Waals surface area contributed by atoms with Gasteiger partial charge in [0.2, 0.25) is 0 Å². The van der Waals surface area contributed by atoms with Crippen LogP contribution in [0, 0.1) is 0 Å². The standard InChI is InChI=1S/C23H25N3OS/c1-3-13-24-23(27)17-11-12-21-19(16-17)26(18-9-5-6-10-20(18)28-21)22(4-2)25-14-7-8-15-25/h3,5-12,16,22H,1,4,13-15H2,2H3,(H,24,27). The maximum atomic E-state index is 12.5. The van der Waals surface area contributed by atoms with Crippen LogP contribution in [0.15, 0.2) is 77.1 Å². The minimum absolute atomic E-state index is 0.0672. The molecule has 1 N–H and O–H groups in total. The summed E-state index contributed by atoms with van der Waals surface area (Å²) in [6.07, 6.45) is 7.39. The zero-order chi connectivity index (χ0) is 19.5. The Hall–Kier alpha value is -2.50. The van der Waals surface area contributed by atoms with Crippen LogP contribution in [-0.4, -0.2) is 36.6 Å². The second-order valence-electron chi connectivity index (χ2n) is 6.94. The molecule has 2 aliphatic rings. The normalized spacial score (nSPS) is 16.4. The molecule has 1 amide bonds. The molecule has 0 aromatic heterocycles. The summed E-state index contributed by atoms with van der Waals surface area (Å²) >= 11 is 1.77. The second kappa shape index (κ2) is 8.25. The lowest BCUT2D eigenvalue weighted by molar-refractivity contribution is 0.0958. The Bertz CT molecular complexity index is 916. The van der Waals surface area contributed by atoms with E-state index in [0.29, 0.717) is 12.1 Å². The van der Waals surface area contributed by atoms with Crippen LogP contribution in [0.4, 0.5) is 11.4 Å². The molecule has 28 heavy (non-hydrogen) atoms. The summed E-state index contributed by atoms with van der Waals surface area (Å²) in [5.41, 5.74) is 3.00. The molecule has 4 rings (SSSR count). The van der Waals surface area contributed by atoms with Gasteiger partial charge in [0, 0.05) is 35.0 Å². The van der Waals surface area contributed by atoms with Gasteiger partial charge in [0.05, 0.1) is 17.5 Å². The molecule has 5 heteroatoms. The largest absolute Gasteiger partial charge is 0.349 e. The predicted octanol–water partition coefficient (Wildman–Crippen LogP) is 4.81. The van der Waals surface area contributed by atoms with Crippen molar-refractivity contribution in [2.24, 2.45) is 0 Å². The quantitative estimate of drug-likeness (QED) is 0.717. The first-order chi connectivity index (χ1) is 13.7. The van der Waals surface area contributed by atoms with Gasteiger partial charge in [-0.1, -0.05) is 49.0 Å². The summed E-state index contributed by atoms with van der Waals surface area (Å²) in [6.45, 7) is 8.29. The number of para-hydroxylation sites is 1. The van der Waals surface area contributed by atoms with E-state index in [1.54, 1.807) is 17.8 Å². The van der Waals surface area contributed by atoms with Crippen molar-refractivity contribution in [3.8, 4) is 0 Å². The Morgan fingerprint density at radius 2 is 1.93 bits per heavy atom. The van der Waals surface area contributed by atoms with Crippen molar-refractivity contribution in [3.63, 3.8) is 0 Å². The summed E-state index contributed by atoms with van der Waals surface area (Å²) in [5, 5.41) is 2.89. The number of anilines is 2. The third-order valence-electron chi connectivity index (χ3n) is 5.16. The van der Waals surface area contributed by atoms with Crippen LogP contribution in [0.1, 0.15) is 23.7 Å². The van der Waals surface area contributed by atoms with Gasteiger partial charge in [0.25, 0.3) is 5.91 Å². The van der Waals surface area contributed by atoms with E-state index in [9.17, 15) is 4.79 Å². The van der Waals surface area contributed by atoms with E-state index >= 15 is 0 Å². The molecule has 1 atom stereocenters. The van der Waals surface area contributed by atoms with Crippen LogP contribution in [-0.2, 0) is 0 Å². The maximum Gasteiger partial charge on any atom is 0.251 e. The number of nitrogens with one attached hydrogen (secondary N) is 1. The second-order valence-corrected chi connectivity index (χ2v) is 8.02. The van der Waals surface area contributed by atoms with Gasteiger partial charge >= 0.3 is 0 Å². The summed E-state index contributed by atoms with van der Waals surface area (Å²) in [7, 11) is 0. The molecule has 0 bridgehead atoms. The molecule has 0 saturated heterocycles. The van der Waals surface area contributed by atoms with Crippen molar-refractivity contribution in [1.29, 1.82) is 0 Å². The topological polar surface area (TPSA) is 35.6 Å². The van der Waals surface area contributed by atoms with Crippen LogP contribution >= 0.6 is 11.8 Å². The molecule has 2 aliphatic heterocycles. The van der Waals surface area contributed by atoms with Gasteiger partial charge < -0.3 is 10.2 Å². The van der Waals surface area contributed by atoms with Crippen molar-refractivity contribution in [2.75, 3.05) is 24.5 Å². The lowest BCUT2D eigenvalue weighted by Gasteiger charge is -2.42. The smallest absolute Gasteiger partial charge is 0.251 e. The molecule has 2 heterocycles. The van der Waals surface area contributed by atoms with Crippen molar-refractivity contribution in [3.05, 3.63) is 72.8 Å². The Kier molecular flexibility index (Phi) is 5.55. The van der Waals surface area contributed by atoms with Gasteiger partial charge in [0.15, 0.2) is 0 Å². The molecule has 2 aromatic carbocycles. The highest BCUT2D eigenvalue weighted by Gasteiger charge is 2.32. The number of carbonyl (C=O) groups is 1. The number of fused-ring (bicyclic) bond motifs is 2. The zero-order valence-corrected chi connectivity index (χ0v) is 16.9. The van der Waals surface area contributed by atoms with E-state index in [4.69, 9.17) is 0 Å². The average molecular weight is 392 g/mol. The van der Waals surface area contributed by atoms with E-state index < -0.39 is 0 Å². The Morgan fingerprint density at radius 1 is 1.18 bits per heavy atom. The van der Waals surface area contributed by atoms with Crippen LogP contribution in [0.25, 0.3) is 0 Å². The SMILES string of the molecule is C=CCNC(=O)c1ccc2c(c1)N(C(CC)N1CC=CC1)c1ccccc1S2. The first-order valence-electron chi connectivity index (χ1n) is 9.71. The number of hydrogen-bond acceptors (Lipinski definition) is 4. The van der Waals surface area contributed by atoms with E-state index in [-0.39, 0.29) is 12.1 Å². The van der Waals surface area contributed by atoms with E-state index in [2.05, 4.69) is 71.1 Å². The number of amides is 1. The molecular formula is C23H25N3OS. The fourth-order valence-electron chi connectivity index (χ4n) is 3.85. The van der Waals surface area contributed by atoms with Crippen molar-refractivity contribution in [2.45, 2.75) is 29.3 Å². The summed E-state index contributed by atoms with van der Waals surface area (Å²) in [4.78, 5) is 19.9. The van der Waals surface area contributed by atoms with Crippen LogP contribution in [0.2, 0.25) is 0 Å². The number of carbonyl (C=O) groups excluding carboxylic acids is 1. The molecule has 0 saturated carbocycles. The number of nitrogens with zero attached hydrogens (tertiary/aromatic N) is 2. The fraction of sp³-hybridized carbons (Fsp3) is 0.261. The van der Waals surface area contributed by atoms with Gasteiger partial charge in [-0.3, -0.25) is 9.69 Å². The number of rotatable bonds is 6. The van der Waals surface area contributed by atoms with Crippen molar-refractivity contribution >= 4 is 29.0 Å². The highest BCUT2D eigenvalue weighted by Crippen LogP contribution is 2.49. The van der Waals surface area contributed by atoms with Crippen LogP contribution in [0.5, 0.6) is 0 Å². The van der Waals surface area contributed by atoms with E-state index in [1.807, 2.05) is 12.1 Å². The third kappa shape index (κ3) is 3.48. The highest BCUT2D eigenvalue weighted by atomic mass is 32.2. The van der Waals surface area contributed by atoms with Crippen LogP contribution < -0.4 is 10.2 Å². The zero-order valence-electron chi connectivity index (χ0n) is 16.1. The summed E-state index contributed by atoms with van der Waals surface area (Å²) in [5.74, 6) is -0.0672. The monoisotopic (exact) mass is 391 g/mol. The average Bonchev–Trinajstić information content (AvgIpc) is 3.26. The lowest BCUT2D eigenvalue weighted by atomic mass is 10.1. The molecule has 0 fully saturated rings. The minimum Gasteiger partial charge on any atom is -0.349 e. The third-order valence-corrected chi connectivity index (χ3v) is 6.29. The van der Waals surface area contributed by atoms with Crippen LogP contribution in [0.3, 0.4) is 0 Å². The molecule has 1 unspecified atom stereocenters. The molecular weight excluding hydrogens is 366 g/mol. The molecule has 0 radical (unpaired) electrons. The predicted molar refractivity (Wildman–Crippen MR) is 116 cm³/mol. The van der Waals surface area contributed by atoms with Gasteiger partial charge in [-0.15, -0.1) is 6.58 Å². The van der Waals surface area contributed by atoms with E-state index in [0.717, 1.165) is 25.2 Å². The van der Waals surface area contributed by atoms with Gasteiger partial charge in [-0.25, -0.2) is 0 Å². The number of hydrogen-bond donors (Lipinski definition) is 1. The lowest BCUT2D eigenvalue weighted by Crippen LogP contribution is -2.46. The molecule has 2 aromatic rings. The Balaban J connectivity index is 1.78. The van der Waals surface area contributed by atoms with Gasteiger partial charge in [-0.05, 0) is 36.8 Å². The first-order valence-corrected chi connectivity index (χ1v) is 10.5.